The molecule has 9 heteroatoms. The van der Waals surface area contributed by atoms with Crippen LogP contribution in [0, 0.1) is 0 Å². The molecule has 2 N–H and O–H groups in total. The van der Waals surface area contributed by atoms with Gasteiger partial charge in [-0.25, -0.2) is 14.6 Å². The molecule has 30 heavy (non-hydrogen) atoms. The minimum atomic E-state index is -1.26. The minimum absolute atomic E-state index is 0.183. The number of hydrogen-bond donors (Lipinski definition) is 2. The highest BCUT2D eigenvalue weighted by Gasteiger charge is 2.26. The largest absolute Gasteiger partial charge is 0.478 e. The predicted octanol–water partition coefficient (Wildman–Crippen LogP) is 2.66. The van der Waals surface area contributed by atoms with Gasteiger partial charge in [0.15, 0.2) is 0 Å². The van der Waals surface area contributed by atoms with E-state index >= 15 is 0 Å². The molecule has 1 amide bonds. The van der Waals surface area contributed by atoms with Gasteiger partial charge in [0.25, 0.3) is 0 Å². The summed E-state index contributed by atoms with van der Waals surface area (Å²) in [5, 5.41) is 17.8. The monoisotopic (exact) mass is 429 g/mol. The molecule has 2 aliphatic rings. The molecule has 0 spiro atoms. The Kier molecular flexibility index (Phi) is 6.83. The molecule has 2 aromatic rings. The van der Waals surface area contributed by atoms with Crippen LogP contribution in [0.3, 0.4) is 0 Å². The first-order chi connectivity index (χ1) is 14.4. The summed E-state index contributed by atoms with van der Waals surface area (Å²) < 4.78 is 2.27. The van der Waals surface area contributed by atoms with Crippen LogP contribution in [-0.4, -0.2) is 55.6 Å². The number of aliphatic carboxylic acids is 2. The first-order valence-corrected chi connectivity index (χ1v) is 10.4. The van der Waals surface area contributed by atoms with E-state index in [1.807, 2.05) is 22.4 Å². The van der Waals surface area contributed by atoms with Gasteiger partial charge in [-0.15, -0.1) is 11.3 Å². The van der Waals surface area contributed by atoms with Gasteiger partial charge in [-0.05, 0) is 29.9 Å². The van der Waals surface area contributed by atoms with Gasteiger partial charge in [-0.1, -0.05) is 5.57 Å². The van der Waals surface area contributed by atoms with Gasteiger partial charge < -0.3 is 19.7 Å². The molecule has 0 saturated carbocycles. The van der Waals surface area contributed by atoms with E-state index in [-0.39, 0.29) is 5.91 Å². The van der Waals surface area contributed by atoms with Crippen molar-refractivity contribution in [3.05, 3.63) is 57.8 Å². The molecular formula is C21H23N3O5S. The average molecular weight is 429 g/mol. The minimum Gasteiger partial charge on any atom is -0.478 e. The first kappa shape index (κ1) is 21.5. The highest BCUT2D eigenvalue weighted by molar-refractivity contribution is 7.10. The zero-order valence-corrected chi connectivity index (χ0v) is 17.4. The molecule has 2 aromatic heterocycles. The Hall–Kier alpha value is -3.20. The molecular weight excluding hydrogens is 406 g/mol. The van der Waals surface area contributed by atoms with Gasteiger partial charge >= 0.3 is 11.9 Å². The molecule has 0 unspecified atom stereocenters. The number of aryl methyl sites for hydroxylation is 2. The van der Waals surface area contributed by atoms with Crippen molar-refractivity contribution in [2.75, 3.05) is 13.1 Å². The van der Waals surface area contributed by atoms with E-state index < -0.39 is 11.9 Å². The zero-order valence-electron chi connectivity index (χ0n) is 16.6. The Morgan fingerprint density at radius 1 is 1.07 bits per heavy atom. The molecule has 0 aliphatic carbocycles. The van der Waals surface area contributed by atoms with Crippen LogP contribution in [0.25, 0.3) is 5.57 Å². The van der Waals surface area contributed by atoms with Crippen LogP contribution in [0.15, 0.2) is 41.6 Å². The summed E-state index contributed by atoms with van der Waals surface area (Å²) in [6.45, 7) is 4.31. The Morgan fingerprint density at radius 3 is 2.33 bits per heavy atom. The van der Waals surface area contributed by atoms with Gasteiger partial charge in [0, 0.05) is 68.0 Å². The number of amides is 1. The number of likely N-dealkylation sites (tertiary alicyclic amines) is 1. The number of hydrogen-bond acceptors (Lipinski definition) is 5. The van der Waals surface area contributed by atoms with Crippen molar-refractivity contribution in [1.82, 2.24) is 14.5 Å². The molecule has 4 heterocycles. The van der Waals surface area contributed by atoms with Crippen molar-refractivity contribution in [2.24, 2.45) is 0 Å². The number of carboxylic acids is 2. The maximum absolute atomic E-state index is 11.5. The fourth-order valence-electron chi connectivity index (χ4n) is 3.65. The molecule has 4 rings (SSSR count). The third kappa shape index (κ3) is 5.04. The van der Waals surface area contributed by atoms with Crippen molar-refractivity contribution in [3.63, 3.8) is 0 Å². The Bertz CT molecular complexity index is 947. The zero-order chi connectivity index (χ0) is 21.7. The summed E-state index contributed by atoms with van der Waals surface area (Å²) in [5.41, 5.74) is 4.13. The van der Waals surface area contributed by atoms with E-state index in [2.05, 4.69) is 27.2 Å². The SMILES string of the molecule is CC(=O)N1CCC(=C2c3ccsc3CCn3ccnc32)CC1.O=C(O)/C=C/C(=O)O. The molecule has 0 bridgehead atoms. The second-order valence-corrected chi connectivity index (χ2v) is 7.95. The van der Waals surface area contributed by atoms with Crippen LogP contribution < -0.4 is 0 Å². The lowest BCUT2D eigenvalue weighted by Gasteiger charge is -2.29. The molecule has 158 valence electrons. The van der Waals surface area contributed by atoms with E-state index in [1.165, 1.54) is 21.6 Å². The van der Waals surface area contributed by atoms with Crippen LogP contribution in [0.1, 0.15) is 36.0 Å². The lowest BCUT2D eigenvalue weighted by atomic mass is 9.93. The molecule has 0 aromatic carbocycles. The molecule has 0 atom stereocenters. The summed E-state index contributed by atoms with van der Waals surface area (Å²) in [6.07, 6.45) is 8.08. The molecule has 1 saturated heterocycles. The Morgan fingerprint density at radius 2 is 1.73 bits per heavy atom. The quantitative estimate of drug-likeness (QED) is 0.710. The van der Waals surface area contributed by atoms with Gasteiger partial charge in [0.1, 0.15) is 5.82 Å². The normalized spacial score (nSPS) is 15.7. The Balaban J connectivity index is 0.000000275. The number of fused-ring (bicyclic) bond motifs is 2. The molecule has 0 radical (unpaired) electrons. The summed E-state index contributed by atoms with van der Waals surface area (Å²) in [6, 6.07) is 2.24. The van der Waals surface area contributed by atoms with Crippen molar-refractivity contribution in [1.29, 1.82) is 0 Å². The number of nitrogens with zero attached hydrogens (tertiary/aromatic N) is 3. The van der Waals surface area contributed by atoms with E-state index in [0.717, 1.165) is 44.7 Å². The maximum Gasteiger partial charge on any atom is 0.328 e. The highest BCUT2D eigenvalue weighted by Crippen LogP contribution is 2.37. The van der Waals surface area contributed by atoms with Gasteiger partial charge in [-0.2, -0.15) is 0 Å². The van der Waals surface area contributed by atoms with E-state index in [1.54, 1.807) is 6.92 Å². The van der Waals surface area contributed by atoms with Crippen molar-refractivity contribution in [3.8, 4) is 0 Å². The van der Waals surface area contributed by atoms with Crippen molar-refractivity contribution in [2.45, 2.75) is 32.7 Å². The maximum atomic E-state index is 11.5. The number of aromatic nitrogens is 2. The third-order valence-electron chi connectivity index (χ3n) is 5.07. The summed E-state index contributed by atoms with van der Waals surface area (Å²) in [5.74, 6) is -1.23. The molecule has 1 fully saturated rings. The van der Waals surface area contributed by atoms with Gasteiger partial charge in [0.05, 0.1) is 0 Å². The first-order valence-electron chi connectivity index (χ1n) is 9.56. The lowest BCUT2D eigenvalue weighted by molar-refractivity contribution is -0.134. The summed E-state index contributed by atoms with van der Waals surface area (Å²) >= 11 is 1.85. The number of carboxylic acid groups (broad SMARTS) is 2. The second kappa shape index (κ2) is 9.53. The fraction of sp³-hybridized carbons (Fsp3) is 0.333. The number of carbonyl (C=O) groups is 3. The van der Waals surface area contributed by atoms with Crippen LogP contribution in [0.4, 0.5) is 0 Å². The van der Waals surface area contributed by atoms with Crippen LogP contribution >= 0.6 is 11.3 Å². The second-order valence-electron chi connectivity index (χ2n) is 6.95. The number of rotatable bonds is 2. The smallest absolute Gasteiger partial charge is 0.328 e. The number of thiophene rings is 1. The van der Waals surface area contributed by atoms with Gasteiger partial charge in [0.2, 0.25) is 5.91 Å². The lowest BCUT2D eigenvalue weighted by Crippen LogP contribution is -2.34. The average Bonchev–Trinajstić information content (AvgIpc) is 3.34. The van der Waals surface area contributed by atoms with Crippen LogP contribution in [0.5, 0.6) is 0 Å². The van der Waals surface area contributed by atoms with E-state index in [0.29, 0.717) is 12.2 Å². The Labute approximate surface area is 177 Å². The van der Waals surface area contributed by atoms with Crippen molar-refractivity contribution < 1.29 is 24.6 Å². The molecule has 8 nitrogen and oxygen atoms in total. The summed E-state index contributed by atoms with van der Waals surface area (Å²) in [7, 11) is 0. The van der Waals surface area contributed by atoms with Crippen LogP contribution in [-0.2, 0) is 27.3 Å². The highest BCUT2D eigenvalue weighted by atomic mass is 32.1. The van der Waals surface area contributed by atoms with Gasteiger partial charge in [-0.3, -0.25) is 4.79 Å². The van der Waals surface area contributed by atoms with E-state index in [9.17, 15) is 14.4 Å². The standard InChI is InChI=1S/C17H19N3OS.C4H4O4/c1-12(21)19-7-2-13(3-8-19)16-14-5-11-22-15(14)4-9-20-10-6-18-17(16)20;5-3(6)1-2-4(7)8/h5-6,10-11H,2-4,7-9H2,1H3;1-2H,(H,5,6)(H,7,8)/b;2-1+. The van der Waals surface area contributed by atoms with Crippen LogP contribution in [0.2, 0.25) is 0 Å². The van der Waals surface area contributed by atoms with Crippen molar-refractivity contribution >= 4 is 34.8 Å². The third-order valence-corrected chi connectivity index (χ3v) is 6.05. The fourth-order valence-corrected chi connectivity index (χ4v) is 4.52. The van der Waals surface area contributed by atoms with E-state index in [4.69, 9.17) is 10.2 Å². The summed E-state index contributed by atoms with van der Waals surface area (Å²) in [4.78, 5) is 38.7. The predicted molar refractivity (Wildman–Crippen MR) is 112 cm³/mol. The number of carbonyl (C=O) groups excluding carboxylic acids is 1. The number of imidazole rings is 1. The topological polar surface area (TPSA) is 113 Å². The molecule has 2 aliphatic heterocycles. The number of piperidine rings is 1.